The average Bonchev–Trinajstić information content (AvgIpc) is 3.27. The van der Waals surface area contributed by atoms with E-state index in [2.05, 4.69) is 38.1 Å². The Balaban J connectivity index is 1.76. The van der Waals surface area contributed by atoms with Crippen LogP contribution >= 0.6 is 0 Å². The highest BCUT2D eigenvalue weighted by Crippen LogP contribution is 3.22. The van der Waals surface area contributed by atoms with Crippen LogP contribution in [0.4, 0.5) is 0 Å². The molecule has 5 saturated carbocycles. The summed E-state index contributed by atoms with van der Waals surface area (Å²) in [6.07, 6.45) is 0.800. The van der Waals surface area contributed by atoms with E-state index < -0.39 is 21.7 Å². The van der Waals surface area contributed by atoms with Gasteiger partial charge < -0.3 is 9.47 Å². The summed E-state index contributed by atoms with van der Waals surface area (Å²) < 4.78 is 10.8. The molecular formula is C25H24O4. The summed E-state index contributed by atoms with van der Waals surface area (Å²) in [6, 6.07) is 20.5. The molecule has 148 valence electrons. The lowest BCUT2D eigenvalue weighted by Gasteiger charge is -2.47. The van der Waals surface area contributed by atoms with Gasteiger partial charge in [-0.2, -0.15) is 0 Å². The fourth-order valence-electron chi connectivity index (χ4n) is 9.77. The van der Waals surface area contributed by atoms with Crippen molar-refractivity contribution in [1.82, 2.24) is 0 Å². The number of rotatable bonds is 4. The van der Waals surface area contributed by atoms with E-state index in [4.69, 9.17) is 9.47 Å². The number of esters is 2. The van der Waals surface area contributed by atoms with Gasteiger partial charge in [0.2, 0.25) is 0 Å². The van der Waals surface area contributed by atoms with Crippen molar-refractivity contribution in [3.63, 3.8) is 0 Å². The molecule has 7 rings (SSSR count). The van der Waals surface area contributed by atoms with Crippen molar-refractivity contribution in [1.29, 1.82) is 0 Å². The van der Waals surface area contributed by atoms with Gasteiger partial charge in [0.1, 0.15) is 10.8 Å². The third-order valence-electron chi connectivity index (χ3n) is 9.54. The number of benzene rings is 2. The summed E-state index contributed by atoms with van der Waals surface area (Å²) >= 11 is 0. The molecule has 29 heavy (non-hydrogen) atoms. The van der Waals surface area contributed by atoms with Crippen LogP contribution in [0, 0.1) is 21.7 Å². The van der Waals surface area contributed by atoms with Crippen molar-refractivity contribution in [2.24, 2.45) is 21.7 Å². The molecule has 2 aromatic carbocycles. The molecule has 5 aliphatic rings. The van der Waals surface area contributed by atoms with Gasteiger partial charge in [0.25, 0.3) is 0 Å². The Kier molecular flexibility index (Phi) is 2.63. The minimum Gasteiger partial charge on any atom is -0.469 e. The van der Waals surface area contributed by atoms with Gasteiger partial charge in [0.05, 0.1) is 14.2 Å². The molecule has 2 aromatic rings. The van der Waals surface area contributed by atoms with E-state index in [9.17, 15) is 9.59 Å². The molecule has 0 heterocycles. The zero-order chi connectivity index (χ0) is 20.5. The lowest BCUT2D eigenvalue weighted by Crippen LogP contribution is -2.58. The zero-order valence-corrected chi connectivity index (χ0v) is 17.1. The van der Waals surface area contributed by atoms with Crippen molar-refractivity contribution in [3.05, 3.63) is 71.8 Å². The molecule has 0 amide bonds. The maximum absolute atomic E-state index is 13.5. The number of hydrogen-bond donors (Lipinski definition) is 0. The van der Waals surface area contributed by atoms with Crippen LogP contribution in [0.1, 0.15) is 31.4 Å². The Morgan fingerprint density at radius 1 is 0.690 bits per heavy atom. The second-order valence-corrected chi connectivity index (χ2v) is 9.56. The van der Waals surface area contributed by atoms with Crippen molar-refractivity contribution in [2.45, 2.75) is 31.1 Å². The number of methoxy groups -OCH3 is 2. The quantitative estimate of drug-likeness (QED) is 0.751. The second kappa shape index (κ2) is 4.43. The molecule has 0 saturated heterocycles. The molecule has 5 fully saturated rings. The van der Waals surface area contributed by atoms with E-state index in [1.807, 2.05) is 36.4 Å². The minimum absolute atomic E-state index is 0.276. The van der Waals surface area contributed by atoms with Crippen molar-refractivity contribution < 1.29 is 19.1 Å². The largest absolute Gasteiger partial charge is 0.469 e. The maximum Gasteiger partial charge on any atom is 0.314 e. The number of carbonyl (C=O) groups excluding carboxylic acids is 2. The van der Waals surface area contributed by atoms with Crippen LogP contribution < -0.4 is 0 Å². The van der Waals surface area contributed by atoms with E-state index in [-0.39, 0.29) is 22.8 Å². The molecule has 5 aliphatic carbocycles. The molecule has 4 nitrogen and oxygen atoms in total. The second-order valence-electron chi connectivity index (χ2n) is 9.56. The Labute approximate surface area is 170 Å². The Morgan fingerprint density at radius 3 is 1.34 bits per heavy atom. The number of carbonyl (C=O) groups is 2. The van der Waals surface area contributed by atoms with Crippen molar-refractivity contribution in [3.8, 4) is 0 Å². The summed E-state index contributed by atoms with van der Waals surface area (Å²) in [7, 11) is 2.87. The summed E-state index contributed by atoms with van der Waals surface area (Å²) in [6.45, 7) is 4.36. The van der Waals surface area contributed by atoms with Gasteiger partial charge in [-0.05, 0) is 28.4 Å². The zero-order valence-electron chi connectivity index (χ0n) is 17.1. The van der Waals surface area contributed by atoms with E-state index in [0.717, 1.165) is 17.5 Å². The molecule has 0 radical (unpaired) electrons. The third kappa shape index (κ3) is 1.04. The van der Waals surface area contributed by atoms with E-state index in [1.54, 1.807) is 0 Å². The van der Waals surface area contributed by atoms with Crippen LogP contribution in [-0.2, 0) is 29.9 Å². The molecule has 2 unspecified atom stereocenters. The van der Waals surface area contributed by atoms with Crippen LogP contribution in [-0.4, -0.2) is 26.2 Å². The number of hydrogen-bond acceptors (Lipinski definition) is 4. The Hall–Kier alpha value is -2.62. The number of ether oxygens (including phenoxy) is 2. The predicted octanol–water partition coefficient (Wildman–Crippen LogP) is 3.64. The Bertz CT molecular complexity index is 1010. The fraction of sp³-hybridized carbons (Fsp3) is 0.440. The van der Waals surface area contributed by atoms with Gasteiger partial charge in [-0.25, -0.2) is 0 Å². The first-order valence-corrected chi connectivity index (χ1v) is 10.2. The molecule has 0 aromatic heterocycles. The predicted molar refractivity (Wildman–Crippen MR) is 106 cm³/mol. The highest BCUT2D eigenvalue weighted by atomic mass is 16.5. The SMILES string of the molecule is COC(=O)[C@]12C3(C)CC4(C)[C@@]1(C(=O)OC)[C@]4(c1ccccc1)[C@@]32c1ccccc1. The molecule has 6 atom stereocenters. The third-order valence-corrected chi connectivity index (χ3v) is 9.54. The molecule has 4 heteroatoms. The van der Waals surface area contributed by atoms with Crippen LogP contribution in [0.5, 0.6) is 0 Å². The average molecular weight is 388 g/mol. The molecular weight excluding hydrogens is 364 g/mol. The monoisotopic (exact) mass is 388 g/mol. The topological polar surface area (TPSA) is 52.6 Å². The van der Waals surface area contributed by atoms with Gasteiger partial charge in [0.15, 0.2) is 0 Å². The van der Waals surface area contributed by atoms with Crippen LogP contribution in [0.2, 0.25) is 0 Å². The summed E-state index contributed by atoms with van der Waals surface area (Å²) in [4.78, 5) is 27.1. The minimum atomic E-state index is -0.888. The van der Waals surface area contributed by atoms with Crippen LogP contribution in [0.3, 0.4) is 0 Å². The highest BCUT2D eigenvalue weighted by molar-refractivity contribution is 6.12. The van der Waals surface area contributed by atoms with E-state index in [1.165, 1.54) is 14.2 Å². The molecule has 2 bridgehead atoms. The standard InChI is InChI=1S/C25H24O4/c1-20-15-21(2)23(17-13-9-6-10-14-17)22(20,16-11-7-5-8-12-16)24(20,18(26)28-3)25(21,23)19(27)29-4/h5-14H,15H2,1-4H3/t20?,21?,22-,23+,24-,25+. The molecule has 0 spiro atoms. The highest BCUT2D eigenvalue weighted by Gasteiger charge is 3.29. The maximum atomic E-state index is 13.5. The van der Waals surface area contributed by atoms with E-state index >= 15 is 0 Å². The molecule has 0 N–H and O–H groups in total. The van der Waals surface area contributed by atoms with Crippen LogP contribution in [0.15, 0.2) is 60.7 Å². The smallest absolute Gasteiger partial charge is 0.314 e. The fourth-order valence-corrected chi connectivity index (χ4v) is 9.77. The van der Waals surface area contributed by atoms with Gasteiger partial charge in [-0.1, -0.05) is 74.5 Å². The molecule has 0 aliphatic heterocycles. The normalized spacial score (nSPS) is 46.9. The summed E-state index contributed by atoms with van der Waals surface area (Å²) in [5.41, 5.74) is -1.17. The summed E-state index contributed by atoms with van der Waals surface area (Å²) in [5, 5.41) is 0. The lowest BCUT2D eigenvalue weighted by molar-refractivity contribution is -0.172. The van der Waals surface area contributed by atoms with Gasteiger partial charge in [0, 0.05) is 10.8 Å². The van der Waals surface area contributed by atoms with Crippen molar-refractivity contribution in [2.75, 3.05) is 14.2 Å². The summed E-state index contributed by atoms with van der Waals surface area (Å²) in [5.74, 6) is -0.552. The van der Waals surface area contributed by atoms with Crippen molar-refractivity contribution >= 4 is 11.9 Å². The first kappa shape index (κ1) is 17.3. The van der Waals surface area contributed by atoms with Crippen LogP contribution in [0.25, 0.3) is 0 Å². The van der Waals surface area contributed by atoms with Gasteiger partial charge >= 0.3 is 11.9 Å². The first-order valence-electron chi connectivity index (χ1n) is 10.2. The lowest BCUT2D eigenvalue weighted by atomic mass is 9.52. The van der Waals surface area contributed by atoms with E-state index in [0.29, 0.717) is 0 Å². The van der Waals surface area contributed by atoms with Gasteiger partial charge in [-0.3, -0.25) is 9.59 Å². The first-order chi connectivity index (χ1) is 13.9. The Morgan fingerprint density at radius 2 is 1.03 bits per heavy atom. The van der Waals surface area contributed by atoms with Gasteiger partial charge in [-0.15, -0.1) is 0 Å².